The van der Waals surface area contributed by atoms with E-state index in [1.54, 1.807) is 6.08 Å². The SMILES string of the molecule is C[C@@H]1C[C@@H]1c1ccc(/C=C\C(=O)Nc2ccccc2)o1. The summed E-state index contributed by atoms with van der Waals surface area (Å²) in [4.78, 5) is 11.8. The lowest BCUT2D eigenvalue weighted by Gasteiger charge is -1.99. The molecule has 1 heterocycles. The van der Waals surface area contributed by atoms with Crippen molar-refractivity contribution < 1.29 is 9.21 Å². The molecule has 0 radical (unpaired) electrons. The Morgan fingerprint density at radius 1 is 1.25 bits per heavy atom. The standard InChI is InChI=1S/C17H17NO2/c1-12-11-15(12)16-9-7-14(20-16)8-10-17(19)18-13-5-3-2-4-6-13/h2-10,12,15H,11H2,1H3,(H,18,19)/b10-8-/t12-,15+/m1/s1. The highest BCUT2D eigenvalue weighted by atomic mass is 16.3. The fraction of sp³-hybridized carbons (Fsp3) is 0.235. The van der Waals surface area contributed by atoms with Crippen molar-refractivity contribution in [2.75, 3.05) is 5.32 Å². The molecule has 1 aliphatic rings. The smallest absolute Gasteiger partial charge is 0.248 e. The van der Waals surface area contributed by atoms with Gasteiger partial charge in [0.15, 0.2) is 0 Å². The highest BCUT2D eigenvalue weighted by molar-refractivity contribution is 6.01. The number of rotatable bonds is 4. The van der Waals surface area contributed by atoms with Crippen LogP contribution in [0.5, 0.6) is 0 Å². The first-order chi connectivity index (χ1) is 9.72. The summed E-state index contributed by atoms with van der Waals surface area (Å²) in [5.41, 5.74) is 0.786. The van der Waals surface area contributed by atoms with Crippen molar-refractivity contribution in [1.29, 1.82) is 0 Å². The van der Waals surface area contributed by atoms with Crippen LogP contribution in [0, 0.1) is 5.92 Å². The first-order valence-electron chi connectivity index (χ1n) is 6.86. The molecular weight excluding hydrogens is 250 g/mol. The predicted octanol–water partition coefficient (Wildman–Crippen LogP) is 4.05. The Balaban J connectivity index is 1.59. The largest absolute Gasteiger partial charge is 0.461 e. The number of anilines is 1. The average molecular weight is 267 g/mol. The number of hydrogen-bond acceptors (Lipinski definition) is 2. The Morgan fingerprint density at radius 2 is 2.00 bits per heavy atom. The van der Waals surface area contributed by atoms with Gasteiger partial charge in [-0.1, -0.05) is 25.1 Å². The molecule has 1 aliphatic carbocycles. The highest BCUT2D eigenvalue weighted by Crippen LogP contribution is 2.47. The van der Waals surface area contributed by atoms with Crippen molar-refractivity contribution in [2.45, 2.75) is 19.3 Å². The molecule has 2 aromatic rings. The summed E-state index contributed by atoms with van der Waals surface area (Å²) in [6, 6.07) is 13.3. The summed E-state index contributed by atoms with van der Waals surface area (Å²) in [7, 11) is 0. The van der Waals surface area contributed by atoms with Gasteiger partial charge in [-0.2, -0.15) is 0 Å². The van der Waals surface area contributed by atoms with E-state index < -0.39 is 0 Å². The molecular formula is C17H17NO2. The quantitative estimate of drug-likeness (QED) is 0.849. The summed E-state index contributed by atoms with van der Waals surface area (Å²) >= 11 is 0. The molecule has 0 unspecified atom stereocenters. The third-order valence-electron chi connectivity index (χ3n) is 3.56. The normalized spacial score (nSPS) is 21.1. The summed E-state index contributed by atoms with van der Waals surface area (Å²) in [6.45, 7) is 2.22. The third-order valence-corrected chi connectivity index (χ3v) is 3.56. The summed E-state index contributed by atoms with van der Waals surface area (Å²) in [5.74, 6) is 2.88. The Labute approximate surface area is 118 Å². The topological polar surface area (TPSA) is 42.2 Å². The second-order valence-corrected chi connectivity index (χ2v) is 5.25. The summed E-state index contributed by atoms with van der Waals surface area (Å²) in [5, 5.41) is 2.79. The molecule has 1 aromatic carbocycles. The molecule has 20 heavy (non-hydrogen) atoms. The van der Waals surface area contributed by atoms with Gasteiger partial charge in [-0.15, -0.1) is 0 Å². The molecule has 0 saturated heterocycles. The maximum atomic E-state index is 11.8. The predicted molar refractivity (Wildman–Crippen MR) is 79.3 cm³/mol. The number of carbonyl (C=O) groups excluding carboxylic acids is 1. The number of nitrogens with one attached hydrogen (secondary N) is 1. The molecule has 102 valence electrons. The minimum absolute atomic E-state index is 0.158. The van der Waals surface area contributed by atoms with Crippen molar-refractivity contribution in [3.8, 4) is 0 Å². The number of amides is 1. The highest BCUT2D eigenvalue weighted by Gasteiger charge is 2.36. The van der Waals surface area contributed by atoms with E-state index in [1.807, 2.05) is 42.5 Å². The Bertz CT molecular complexity index is 627. The number of carbonyl (C=O) groups is 1. The van der Waals surface area contributed by atoms with Crippen molar-refractivity contribution in [3.05, 3.63) is 60.1 Å². The van der Waals surface area contributed by atoms with E-state index in [1.165, 1.54) is 12.5 Å². The van der Waals surface area contributed by atoms with Gasteiger partial charge in [0.1, 0.15) is 11.5 Å². The summed E-state index contributed by atoms with van der Waals surface area (Å²) in [6.07, 6.45) is 4.39. The Hall–Kier alpha value is -2.29. The molecule has 0 spiro atoms. The minimum Gasteiger partial charge on any atom is -0.461 e. The van der Waals surface area contributed by atoms with Crippen LogP contribution in [0.1, 0.15) is 30.8 Å². The summed E-state index contributed by atoms with van der Waals surface area (Å²) < 4.78 is 5.71. The van der Waals surface area contributed by atoms with E-state index in [0.717, 1.165) is 23.1 Å². The fourth-order valence-electron chi connectivity index (χ4n) is 2.24. The molecule has 1 saturated carbocycles. The van der Waals surface area contributed by atoms with Gasteiger partial charge in [-0.05, 0) is 42.7 Å². The lowest BCUT2D eigenvalue weighted by molar-refractivity contribution is -0.111. The minimum atomic E-state index is -0.158. The van der Waals surface area contributed by atoms with Crippen LogP contribution in [-0.2, 0) is 4.79 Å². The fourth-order valence-corrected chi connectivity index (χ4v) is 2.24. The van der Waals surface area contributed by atoms with E-state index in [9.17, 15) is 4.79 Å². The van der Waals surface area contributed by atoms with Gasteiger partial charge in [0, 0.05) is 17.7 Å². The van der Waals surface area contributed by atoms with E-state index in [2.05, 4.69) is 12.2 Å². The second kappa shape index (κ2) is 5.37. The van der Waals surface area contributed by atoms with E-state index in [4.69, 9.17) is 4.42 Å². The van der Waals surface area contributed by atoms with Crippen LogP contribution in [0.25, 0.3) is 6.08 Å². The maximum absolute atomic E-state index is 11.8. The van der Waals surface area contributed by atoms with Crippen LogP contribution in [0.15, 0.2) is 53.0 Å². The van der Waals surface area contributed by atoms with Crippen LogP contribution in [-0.4, -0.2) is 5.91 Å². The molecule has 1 amide bonds. The van der Waals surface area contributed by atoms with E-state index in [0.29, 0.717) is 5.92 Å². The molecule has 3 rings (SSSR count). The van der Waals surface area contributed by atoms with Gasteiger partial charge in [-0.3, -0.25) is 4.79 Å². The Kier molecular flexibility index (Phi) is 3.42. The zero-order valence-corrected chi connectivity index (χ0v) is 11.4. The molecule has 1 N–H and O–H groups in total. The lowest BCUT2D eigenvalue weighted by Crippen LogP contribution is -2.07. The van der Waals surface area contributed by atoms with Crippen molar-refractivity contribution in [2.24, 2.45) is 5.92 Å². The van der Waals surface area contributed by atoms with E-state index >= 15 is 0 Å². The van der Waals surface area contributed by atoms with Gasteiger partial charge in [0.2, 0.25) is 5.91 Å². The maximum Gasteiger partial charge on any atom is 0.248 e. The van der Waals surface area contributed by atoms with Crippen LogP contribution in [0.4, 0.5) is 5.69 Å². The molecule has 0 aliphatic heterocycles. The van der Waals surface area contributed by atoms with Gasteiger partial charge >= 0.3 is 0 Å². The monoisotopic (exact) mass is 267 g/mol. The molecule has 3 heteroatoms. The van der Waals surface area contributed by atoms with Gasteiger partial charge < -0.3 is 9.73 Å². The van der Waals surface area contributed by atoms with E-state index in [-0.39, 0.29) is 5.91 Å². The van der Waals surface area contributed by atoms with Crippen molar-refractivity contribution in [3.63, 3.8) is 0 Å². The Morgan fingerprint density at radius 3 is 2.70 bits per heavy atom. The van der Waals surface area contributed by atoms with Gasteiger partial charge in [-0.25, -0.2) is 0 Å². The van der Waals surface area contributed by atoms with Crippen molar-refractivity contribution in [1.82, 2.24) is 0 Å². The molecule has 3 nitrogen and oxygen atoms in total. The first-order valence-corrected chi connectivity index (χ1v) is 6.86. The molecule has 1 aromatic heterocycles. The van der Waals surface area contributed by atoms with Gasteiger partial charge in [0.05, 0.1) is 0 Å². The number of benzene rings is 1. The number of para-hydroxylation sites is 1. The molecule has 0 bridgehead atoms. The van der Waals surface area contributed by atoms with Crippen LogP contribution < -0.4 is 5.32 Å². The molecule has 1 fully saturated rings. The second-order valence-electron chi connectivity index (χ2n) is 5.25. The zero-order chi connectivity index (χ0) is 13.9. The zero-order valence-electron chi connectivity index (χ0n) is 11.4. The van der Waals surface area contributed by atoms with Crippen LogP contribution >= 0.6 is 0 Å². The first kappa shape index (κ1) is 12.7. The number of hydrogen-bond donors (Lipinski definition) is 1. The van der Waals surface area contributed by atoms with Crippen LogP contribution in [0.3, 0.4) is 0 Å². The lowest BCUT2D eigenvalue weighted by atomic mass is 10.3. The molecule has 2 atom stereocenters. The van der Waals surface area contributed by atoms with Crippen molar-refractivity contribution >= 4 is 17.7 Å². The van der Waals surface area contributed by atoms with Gasteiger partial charge in [0.25, 0.3) is 0 Å². The average Bonchev–Trinajstić information content (AvgIpc) is 3.01. The third kappa shape index (κ3) is 2.99. The number of furan rings is 1. The van der Waals surface area contributed by atoms with Crippen LogP contribution in [0.2, 0.25) is 0 Å².